The van der Waals surface area contributed by atoms with Crippen molar-refractivity contribution in [1.82, 2.24) is 4.90 Å². The van der Waals surface area contributed by atoms with Crippen molar-refractivity contribution in [3.8, 4) is 0 Å². The van der Waals surface area contributed by atoms with E-state index in [0.29, 0.717) is 18.0 Å². The highest BCUT2D eigenvalue weighted by Crippen LogP contribution is 2.71. The second kappa shape index (κ2) is 8.27. The number of ketones is 1. The van der Waals surface area contributed by atoms with Gasteiger partial charge in [-0.25, -0.2) is 4.79 Å². The first kappa shape index (κ1) is 25.2. The topological polar surface area (TPSA) is 107 Å². The van der Waals surface area contributed by atoms with E-state index >= 15 is 0 Å². The van der Waals surface area contributed by atoms with Gasteiger partial charge in [0.15, 0.2) is 17.5 Å². The highest BCUT2D eigenvalue weighted by molar-refractivity contribution is 5.95. The standard InChI is InChI=1S/C29H37NO6/c1-16-13-28-17(2)11-21-22(27(21,3)4)20(24(28)33)12-19(15-31)23(32)29(28,35)25(16)36-26(34)30(5)14-18-9-7-6-8-10-18/h6-10,12-13,17,20-23,25,31-32,35H,11,14-15H2,1-5H3/t17-,20+,21-,22+,23?,25+,28+,29+/m1/s1. The summed E-state index contributed by atoms with van der Waals surface area (Å²) in [6, 6.07) is 9.47. The second-order valence-corrected chi connectivity index (χ2v) is 12.0. The van der Waals surface area contributed by atoms with Gasteiger partial charge in [-0.2, -0.15) is 0 Å². The highest BCUT2D eigenvalue weighted by atomic mass is 16.6. The molecule has 1 spiro atoms. The van der Waals surface area contributed by atoms with Crippen LogP contribution in [0.1, 0.15) is 39.7 Å². The van der Waals surface area contributed by atoms with Gasteiger partial charge in [-0.05, 0) is 53.2 Å². The number of amides is 1. The van der Waals surface area contributed by atoms with Crippen LogP contribution in [0.2, 0.25) is 0 Å². The third-order valence-electron chi connectivity index (χ3n) is 9.69. The fraction of sp³-hybridized carbons (Fsp3) is 0.586. The van der Waals surface area contributed by atoms with Crippen molar-refractivity contribution in [3.63, 3.8) is 0 Å². The van der Waals surface area contributed by atoms with Gasteiger partial charge in [0.2, 0.25) is 0 Å². The molecule has 8 atom stereocenters. The monoisotopic (exact) mass is 495 g/mol. The Morgan fingerprint density at radius 1 is 1.22 bits per heavy atom. The van der Waals surface area contributed by atoms with Crippen molar-refractivity contribution in [2.45, 2.75) is 58.5 Å². The summed E-state index contributed by atoms with van der Waals surface area (Å²) in [4.78, 5) is 29.0. The SMILES string of the molecule is CC1=C[C@]23C(=O)[C@@H](C=C(CO)C(O)[C@]2(O)[C@H]1OC(=O)N(C)Cc1ccccc1)[C@H]1[C@@H](C[C@H]3C)C1(C)C. The van der Waals surface area contributed by atoms with E-state index in [1.165, 1.54) is 4.90 Å². The van der Waals surface area contributed by atoms with Gasteiger partial charge in [-0.3, -0.25) is 4.79 Å². The summed E-state index contributed by atoms with van der Waals surface area (Å²) in [7, 11) is 1.61. The molecule has 1 aromatic carbocycles. The summed E-state index contributed by atoms with van der Waals surface area (Å²) >= 11 is 0. The predicted octanol–water partition coefficient (Wildman–Crippen LogP) is 3.09. The lowest BCUT2D eigenvalue weighted by molar-refractivity contribution is -0.191. The molecule has 1 aromatic rings. The van der Waals surface area contributed by atoms with Crippen LogP contribution < -0.4 is 0 Å². The van der Waals surface area contributed by atoms with Crippen LogP contribution in [0.5, 0.6) is 0 Å². The Balaban J connectivity index is 1.54. The van der Waals surface area contributed by atoms with Crippen molar-refractivity contribution in [3.05, 3.63) is 59.2 Å². The van der Waals surface area contributed by atoms with E-state index in [4.69, 9.17) is 4.74 Å². The Bertz CT molecular complexity index is 1140. The molecular formula is C29H37NO6. The number of nitrogens with zero attached hydrogens (tertiary/aromatic N) is 1. The smallest absolute Gasteiger partial charge is 0.410 e. The molecule has 36 heavy (non-hydrogen) atoms. The molecule has 2 saturated carbocycles. The Morgan fingerprint density at radius 2 is 1.89 bits per heavy atom. The van der Waals surface area contributed by atoms with E-state index in [2.05, 4.69) is 13.8 Å². The first-order chi connectivity index (χ1) is 16.9. The third-order valence-corrected chi connectivity index (χ3v) is 9.69. The number of rotatable bonds is 4. The van der Waals surface area contributed by atoms with E-state index in [0.717, 1.165) is 12.0 Å². The van der Waals surface area contributed by atoms with Crippen molar-refractivity contribution in [1.29, 1.82) is 0 Å². The zero-order valence-corrected chi connectivity index (χ0v) is 21.6. The number of hydrogen-bond donors (Lipinski definition) is 3. The van der Waals surface area contributed by atoms with Crippen LogP contribution in [0.15, 0.2) is 53.6 Å². The molecule has 194 valence electrons. The minimum absolute atomic E-state index is 0.0376. The molecule has 2 bridgehead atoms. The minimum Gasteiger partial charge on any atom is -0.438 e. The maximum atomic E-state index is 14.4. The van der Waals surface area contributed by atoms with Gasteiger partial charge >= 0.3 is 6.09 Å². The fourth-order valence-corrected chi connectivity index (χ4v) is 7.71. The lowest BCUT2D eigenvalue weighted by Gasteiger charge is -2.48. The summed E-state index contributed by atoms with van der Waals surface area (Å²) in [6.45, 7) is 7.80. The molecule has 0 aliphatic heterocycles. The zero-order valence-electron chi connectivity index (χ0n) is 21.6. The van der Waals surface area contributed by atoms with Gasteiger partial charge in [-0.1, -0.05) is 63.3 Å². The number of carbonyl (C=O) groups excluding carboxylic acids is 2. The maximum Gasteiger partial charge on any atom is 0.410 e. The van der Waals surface area contributed by atoms with Gasteiger partial charge in [-0.15, -0.1) is 0 Å². The second-order valence-electron chi connectivity index (χ2n) is 12.0. The van der Waals surface area contributed by atoms with Crippen molar-refractivity contribution in [2.24, 2.45) is 34.5 Å². The molecular weight excluding hydrogens is 458 g/mol. The molecule has 7 nitrogen and oxygen atoms in total. The lowest BCUT2D eigenvalue weighted by atomic mass is 9.59. The normalized spacial score (nSPS) is 40.2. The lowest BCUT2D eigenvalue weighted by Crippen LogP contribution is -2.66. The molecule has 0 heterocycles. The number of allylic oxidation sites excluding steroid dienone is 1. The zero-order chi connectivity index (χ0) is 26.2. The summed E-state index contributed by atoms with van der Waals surface area (Å²) in [5.41, 5.74) is -1.93. The molecule has 5 rings (SSSR count). The molecule has 1 unspecified atom stereocenters. The molecule has 0 aromatic heterocycles. The number of benzene rings is 1. The molecule has 0 saturated heterocycles. The molecule has 4 aliphatic carbocycles. The van der Waals surface area contributed by atoms with Gasteiger partial charge < -0.3 is 25.0 Å². The van der Waals surface area contributed by atoms with Crippen LogP contribution in [0.3, 0.4) is 0 Å². The van der Waals surface area contributed by atoms with Crippen LogP contribution >= 0.6 is 0 Å². The quantitative estimate of drug-likeness (QED) is 0.554. The molecule has 4 aliphatic rings. The van der Waals surface area contributed by atoms with Gasteiger partial charge in [0.05, 0.1) is 12.0 Å². The Hall–Kier alpha value is -2.48. The molecule has 1 amide bonds. The first-order valence-electron chi connectivity index (χ1n) is 12.8. The van der Waals surface area contributed by atoms with Gasteiger partial charge in [0.25, 0.3) is 0 Å². The Kier molecular flexibility index (Phi) is 5.78. The highest BCUT2D eigenvalue weighted by Gasteiger charge is 2.76. The number of carbonyl (C=O) groups is 2. The van der Waals surface area contributed by atoms with Crippen molar-refractivity contribution >= 4 is 11.9 Å². The van der Waals surface area contributed by atoms with E-state index in [1.807, 2.05) is 37.3 Å². The van der Waals surface area contributed by atoms with Crippen molar-refractivity contribution < 1.29 is 29.6 Å². The number of ether oxygens (including phenoxy) is 1. The average Bonchev–Trinajstić information content (AvgIpc) is 3.33. The van der Waals surface area contributed by atoms with E-state index in [9.17, 15) is 24.9 Å². The summed E-state index contributed by atoms with van der Waals surface area (Å²) in [5, 5.41) is 34.2. The molecule has 7 heteroatoms. The van der Waals surface area contributed by atoms with Crippen LogP contribution in [0.25, 0.3) is 0 Å². The van der Waals surface area contributed by atoms with E-state index in [-0.39, 0.29) is 28.6 Å². The third kappa shape index (κ3) is 3.22. The molecule has 0 radical (unpaired) electrons. The number of aliphatic hydroxyl groups excluding tert-OH is 2. The van der Waals surface area contributed by atoms with Gasteiger partial charge in [0, 0.05) is 19.5 Å². The molecule has 3 N–H and O–H groups in total. The Labute approximate surface area is 212 Å². The number of aliphatic hydroxyl groups is 3. The Morgan fingerprint density at radius 3 is 2.53 bits per heavy atom. The predicted molar refractivity (Wildman–Crippen MR) is 134 cm³/mol. The number of hydrogen-bond acceptors (Lipinski definition) is 6. The summed E-state index contributed by atoms with van der Waals surface area (Å²) < 4.78 is 5.90. The van der Waals surface area contributed by atoms with Crippen LogP contribution in [-0.2, 0) is 16.1 Å². The van der Waals surface area contributed by atoms with Crippen LogP contribution in [0.4, 0.5) is 4.79 Å². The van der Waals surface area contributed by atoms with Crippen LogP contribution in [0, 0.1) is 34.5 Å². The number of fused-ring (bicyclic) bond motifs is 3. The number of Topliss-reactive ketones (excluding diaryl/α,β-unsaturated/α-hetero) is 1. The fourth-order valence-electron chi connectivity index (χ4n) is 7.71. The van der Waals surface area contributed by atoms with Crippen LogP contribution in [-0.4, -0.2) is 63.6 Å². The summed E-state index contributed by atoms with van der Waals surface area (Å²) in [5.74, 6) is -0.608. The van der Waals surface area contributed by atoms with E-state index in [1.54, 1.807) is 26.1 Å². The largest absolute Gasteiger partial charge is 0.438 e. The summed E-state index contributed by atoms with van der Waals surface area (Å²) in [6.07, 6.45) is 0.678. The average molecular weight is 496 g/mol. The van der Waals surface area contributed by atoms with Crippen molar-refractivity contribution in [2.75, 3.05) is 13.7 Å². The maximum absolute atomic E-state index is 14.4. The minimum atomic E-state index is -2.12. The first-order valence-corrected chi connectivity index (χ1v) is 12.8. The molecule has 2 fully saturated rings. The van der Waals surface area contributed by atoms with Gasteiger partial charge in [0.1, 0.15) is 6.10 Å². The van der Waals surface area contributed by atoms with E-state index < -0.39 is 41.8 Å².